The molecule has 110 valence electrons. The van der Waals surface area contributed by atoms with E-state index in [1.165, 1.54) is 4.90 Å². The monoisotopic (exact) mass is 280 g/mol. The normalized spacial score (nSPS) is 29.8. The fourth-order valence-corrected chi connectivity index (χ4v) is 2.69. The molecule has 0 aromatic rings. The minimum atomic E-state index is -4.15. The van der Waals surface area contributed by atoms with Crippen LogP contribution in [0.4, 0.5) is 13.2 Å². The van der Waals surface area contributed by atoms with Gasteiger partial charge in [0.25, 0.3) is 5.91 Å². The predicted molar refractivity (Wildman–Crippen MR) is 62.3 cm³/mol. The van der Waals surface area contributed by atoms with E-state index in [9.17, 15) is 18.0 Å². The molecule has 2 atom stereocenters. The Kier molecular flexibility index (Phi) is 4.35. The number of rotatable bonds is 2. The first-order chi connectivity index (χ1) is 8.91. The van der Waals surface area contributed by atoms with Crippen LogP contribution >= 0.6 is 0 Å². The van der Waals surface area contributed by atoms with Crippen molar-refractivity contribution in [1.82, 2.24) is 4.90 Å². The van der Waals surface area contributed by atoms with E-state index in [0.29, 0.717) is 13.0 Å². The van der Waals surface area contributed by atoms with Crippen LogP contribution < -0.4 is 5.73 Å². The molecule has 2 saturated heterocycles. The van der Waals surface area contributed by atoms with Crippen molar-refractivity contribution in [3.63, 3.8) is 0 Å². The van der Waals surface area contributed by atoms with Crippen molar-refractivity contribution in [3.8, 4) is 0 Å². The number of halogens is 3. The number of likely N-dealkylation sites (tertiary alicyclic amines) is 1. The lowest BCUT2D eigenvalue weighted by atomic mass is 9.96. The Labute approximate surface area is 110 Å². The highest BCUT2D eigenvalue weighted by Gasteiger charge is 2.43. The molecule has 0 aliphatic carbocycles. The first kappa shape index (κ1) is 14.6. The Morgan fingerprint density at radius 2 is 1.84 bits per heavy atom. The van der Waals surface area contributed by atoms with Gasteiger partial charge in [-0.15, -0.1) is 0 Å². The quantitative estimate of drug-likeness (QED) is 0.829. The van der Waals surface area contributed by atoms with Gasteiger partial charge in [-0.3, -0.25) is 4.79 Å². The summed E-state index contributed by atoms with van der Waals surface area (Å²) in [5.41, 5.74) is 5.47. The average Bonchev–Trinajstić information content (AvgIpc) is 2.86. The topological polar surface area (TPSA) is 55.6 Å². The molecule has 2 heterocycles. The highest BCUT2D eigenvalue weighted by atomic mass is 19.4. The Morgan fingerprint density at radius 1 is 1.21 bits per heavy atom. The number of alkyl halides is 3. The van der Waals surface area contributed by atoms with Crippen LogP contribution in [-0.2, 0) is 9.53 Å². The van der Waals surface area contributed by atoms with Crippen molar-refractivity contribution in [3.05, 3.63) is 0 Å². The molecular formula is C12H19F3N2O2. The molecule has 0 aromatic heterocycles. The zero-order valence-corrected chi connectivity index (χ0v) is 10.7. The Hall–Kier alpha value is -0.820. The Morgan fingerprint density at radius 3 is 2.32 bits per heavy atom. The summed E-state index contributed by atoms with van der Waals surface area (Å²) < 4.78 is 43.1. The number of piperidine rings is 1. The number of amides is 1. The third kappa shape index (κ3) is 3.39. The zero-order chi connectivity index (χ0) is 14.0. The standard InChI is InChI=1S/C12H19F3N2O2/c13-12(14,15)8-3-5-17(6-4-8)11(18)10-2-1-9(7-16)19-10/h8-10H,1-7,16H2. The number of ether oxygens (including phenoxy) is 1. The molecule has 0 saturated carbocycles. The van der Waals surface area contributed by atoms with Crippen LogP contribution in [0.3, 0.4) is 0 Å². The summed E-state index contributed by atoms with van der Waals surface area (Å²) in [6.07, 6.45) is -3.43. The average molecular weight is 280 g/mol. The van der Waals surface area contributed by atoms with Crippen molar-refractivity contribution >= 4 is 5.91 Å². The number of nitrogens with two attached hydrogens (primary N) is 1. The third-order valence-electron chi connectivity index (χ3n) is 3.92. The van der Waals surface area contributed by atoms with Crippen molar-refractivity contribution < 1.29 is 22.7 Å². The van der Waals surface area contributed by atoms with Crippen LogP contribution in [0.15, 0.2) is 0 Å². The van der Waals surface area contributed by atoms with Crippen molar-refractivity contribution in [1.29, 1.82) is 0 Å². The van der Waals surface area contributed by atoms with Gasteiger partial charge in [-0.05, 0) is 25.7 Å². The maximum atomic E-state index is 12.5. The van der Waals surface area contributed by atoms with Crippen LogP contribution in [0.1, 0.15) is 25.7 Å². The van der Waals surface area contributed by atoms with Gasteiger partial charge in [0.1, 0.15) is 6.10 Å². The van der Waals surface area contributed by atoms with Gasteiger partial charge in [0.2, 0.25) is 0 Å². The third-order valence-corrected chi connectivity index (χ3v) is 3.92. The second-order valence-electron chi connectivity index (χ2n) is 5.20. The van der Waals surface area contributed by atoms with Gasteiger partial charge in [0, 0.05) is 19.6 Å². The lowest BCUT2D eigenvalue weighted by molar-refractivity contribution is -0.187. The van der Waals surface area contributed by atoms with Gasteiger partial charge in [0.05, 0.1) is 12.0 Å². The maximum Gasteiger partial charge on any atom is 0.391 e. The largest absolute Gasteiger partial charge is 0.391 e. The van der Waals surface area contributed by atoms with Crippen molar-refractivity contribution in [2.75, 3.05) is 19.6 Å². The SMILES string of the molecule is NCC1CCC(C(=O)N2CCC(C(F)(F)F)CC2)O1. The smallest absolute Gasteiger partial charge is 0.364 e. The van der Waals surface area contributed by atoms with E-state index in [1.54, 1.807) is 0 Å². The van der Waals surface area contributed by atoms with E-state index in [1.807, 2.05) is 0 Å². The number of hydrogen-bond acceptors (Lipinski definition) is 3. The number of carbonyl (C=O) groups is 1. The first-order valence-electron chi connectivity index (χ1n) is 6.63. The van der Waals surface area contributed by atoms with Crippen LogP contribution in [0.2, 0.25) is 0 Å². The van der Waals surface area contributed by atoms with E-state index < -0.39 is 18.2 Å². The first-order valence-corrected chi connectivity index (χ1v) is 6.63. The van der Waals surface area contributed by atoms with Crippen LogP contribution in [0.25, 0.3) is 0 Å². The number of carbonyl (C=O) groups excluding carboxylic acids is 1. The summed E-state index contributed by atoms with van der Waals surface area (Å²) in [6.45, 7) is 0.701. The number of hydrogen-bond donors (Lipinski definition) is 1. The second-order valence-corrected chi connectivity index (χ2v) is 5.20. The molecule has 2 unspecified atom stereocenters. The van der Waals surface area contributed by atoms with Gasteiger partial charge in [-0.2, -0.15) is 13.2 Å². The lowest BCUT2D eigenvalue weighted by Crippen LogP contribution is -2.46. The van der Waals surface area contributed by atoms with Crippen molar-refractivity contribution in [2.45, 2.75) is 44.1 Å². The summed E-state index contributed by atoms with van der Waals surface area (Å²) >= 11 is 0. The van der Waals surface area contributed by atoms with Gasteiger partial charge in [-0.25, -0.2) is 0 Å². The fourth-order valence-electron chi connectivity index (χ4n) is 2.69. The predicted octanol–water partition coefficient (Wildman–Crippen LogP) is 1.29. The number of nitrogens with zero attached hydrogens (tertiary/aromatic N) is 1. The summed E-state index contributed by atoms with van der Waals surface area (Å²) in [6, 6.07) is 0. The van der Waals surface area contributed by atoms with E-state index in [-0.39, 0.29) is 37.9 Å². The molecule has 1 amide bonds. The summed E-state index contributed by atoms with van der Waals surface area (Å²) in [5.74, 6) is -1.46. The Balaban J connectivity index is 1.83. The molecular weight excluding hydrogens is 261 g/mol. The molecule has 2 rings (SSSR count). The van der Waals surface area contributed by atoms with E-state index in [2.05, 4.69) is 0 Å². The van der Waals surface area contributed by atoms with E-state index in [0.717, 1.165) is 6.42 Å². The zero-order valence-electron chi connectivity index (χ0n) is 10.7. The lowest BCUT2D eigenvalue weighted by Gasteiger charge is -2.34. The molecule has 0 bridgehead atoms. The molecule has 2 aliphatic heterocycles. The molecule has 7 heteroatoms. The summed E-state index contributed by atoms with van der Waals surface area (Å²) in [5, 5.41) is 0. The molecule has 2 fully saturated rings. The van der Waals surface area contributed by atoms with Crippen LogP contribution in [-0.4, -0.2) is 48.8 Å². The van der Waals surface area contributed by atoms with E-state index in [4.69, 9.17) is 10.5 Å². The molecule has 4 nitrogen and oxygen atoms in total. The van der Waals surface area contributed by atoms with Crippen molar-refractivity contribution in [2.24, 2.45) is 11.7 Å². The minimum absolute atomic E-state index is 0.0116. The Bertz CT molecular complexity index is 327. The molecule has 0 aromatic carbocycles. The molecule has 0 spiro atoms. The molecule has 2 N–H and O–H groups in total. The second kappa shape index (κ2) is 5.66. The van der Waals surface area contributed by atoms with Gasteiger partial charge in [-0.1, -0.05) is 0 Å². The molecule has 2 aliphatic rings. The molecule has 19 heavy (non-hydrogen) atoms. The highest BCUT2D eigenvalue weighted by Crippen LogP contribution is 2.34. The van der Waals surface area contributed by atoms with Gasteiger partial charge in [0.15, 0.2) is 0 Å². The van der Waals surface area contributed by atoms with Gasteiger partial charge >= 0.3 is 6.18 Å². The summed E-state index contributed by atoms with van der Waals surface area (Å²) in [7, 11) is 0. The van der Waals surface area contributed by atoms with Gasteiger partial charge < -0.3 is 15.4 Å². The minimum Gasteiger partial charge on any atom is -0.364 e. The van der Waals surface area contributed by atoms with Crippen LogP contribution in [0, 0.1) is 5.92 Å². The maximum absolute atomic E-state index is 12.5. The van der Waals surface area contributed by atoms with Crippen LogP contribution in [0.5, 0.6) is 0 Å². The summed E-state index contributed by atoms with van der Waals surface area (Å²) in [4.78, 5) is 13.6. The van der Waals surface area contributed by atoms with E-state index >= 15 is 0 Å². The molecule has 0 radical (unpaired) electrons. The fraction of sp³-hybridized carbons (Fsp3) is 0.917. The highest BCUT2D eigenvalue weighted by molar-refractivity contribution is 5.81.